The summed E-state index contributed by atoms with van der Waals surface area (Å²) in [5.74, 6) is 0.179. The number of piperidine rings is 1. The molecule has 1 aliphatic heterocycles. The molecule has 0 saturated carbocycles. The molecular formula is C15H23N3O3S. The molecule has 1 saturated heterocycles. The van der Waals surface area contributed by atoms with Crippen molar-refractivity contribution in [1.29, 1.82) is 0 Å². The molecule has 0 aromatic carbocycles. The summed E-state index contributed by atoms with van der Waals surface area (Å²) in [6, 6.07) is 0. The number of aliphatic hydroxyl groups is 1. The Bertz CT molecular complexity index is 522. The Balaban J connectivity index is 1.74. The van der Waals surface area contributed by atoms with Gasteiger partial charge in [-0.3, -0.25) is 9.59 Å². The van der Waals surface area contributed by atoms with Crippen molar-refractivity contribution in [2.24, 2.45) is 0 Å². The molecule has 0 aliphatic carbocycles. The van der Waals surface area contributed by atoms with E-state index in [1.165, 1.54) is 11.3 Å². The van der Waals surface area contributed by atoms with Crippen molar-refractivity contribution in [2.45, 2.75) is 51.6 Å². The highest BCUT2D eigenvalue weighted by Crippen LogP contribution is 2.25. The maximum Gasteiger partial charge on any atom is 0.226 e. The van der Waals surface area contributed by atoms with Crippen LogP contribution < -0.4 is 5.32 Å². The minimum Gasteiger partial charge on any atom is -0.393 e. The predicted octanol–water partition coefficient (Wildman–Crippen LogP) is 1.97. The molecule has 2 rings (SSSR count). The SMILES string of the molecule is CC(C)c1cnc(NC(=O)CCC(=O)N2CCC(O)CC2)s1. The first kappa shape index (κ1) is 16.9. The average Bonchev–Trinajstić information content (AvgIpc) is 2.94. The number of carbonyl (C=O) groups excluding carboxylic acids is 2. The van der Waals surface area contributed by atoms with E-state index in [9.17, 15) is 14.7 Å². The van der Waals surface area contributed by atoms with E-state index in [4.69, 9.17) is 0 Å². The minimum atomic E-state index is -0.299. The lowest BCUT2D eigenvalue weighted by Gasteiger charge is -2.29. The van der Waals surface area contributed by atoms with Crippen LogP contribution in [0.25, 0.3) is 0 Å². The summed E-state index contributed by atoms with van der Waals surface area (Å²) in [6.07, 6.45) is 3.07. The molecule has 2 heterocycles. The monoisotopic (exact) mass is 325 g/mol. The van der Waals surface area contributed by atoms with Gasteiger partial charge < -0.3 is 15.3 Å². The molecule has 122 valence electrons. The maximum absolute atomic E-state index is 12.0. The molecule has 2 amide bonds. The standard InChI is InChI=1S/C15H23N3O3S/c1-10(2)12-9-16-15(22-12)17-13(20)3-4-14(21)18-7-5-11(19)6-8-18/h9-11,19H,3-8H2,1-2H3,(H,16,17,20). The number of rotatable bonds is 5. The number of amides is 2. The number of hydrogen-bond acceptors (Lipinski definition) is 5. The summed E-state index contributed by atoms with van der Waals surface area (Å²) in [7, 11) is 0. The fourth-order valence-corrected chi connectivity index (χ4v) is 3.12. The zero-order chi connectivity index (χ0) is 16.1. The first-order valence-corrected chi connectivity index (χ1v) is 8.48. The molecule has 1 aliphatic rings. The second-order valence-corrected chi connectivity index (χ2v) is 6.94. The molecule has 7 heteroatoms. The third-order valence-corrected chi connectivity index (χ3v) is 4.94. The lowest BCUT2D eigenvalue weighted by Crippen LogP contribution is -2.40. The van der Waals surface area contributed by atoms with Crippen LogP contribution >= 0.6 is 11.3 Å². The van der Waals surface area contributed by atoms with Crippen LogP contribution in [0.2, 0.25) is 0 Å². The van der Waals surface area contributed by atoms with Crippen molar-refractivity contribution in [1.82, 2.24) is 9.88 Å². The van der Waals surface area contributed by atoms with Crippen molar-refractivity contribution in [2.75, 3.05) is 18.4 Å². The second-order valence-electron chi connectivity index (χ2n) is 5.88. The van der Waals surface area contributed by atoms with E-state index in [0.29, 0.717) is 37.0 Å². The van der Waals surface area contributed by atoms with E-state index >= 15 is 0 Å². The van der Waals surface area contributed by atoms with Gasteiger partial charge >= 0.3 is 0 Å². The van der Waals surface area contributed by atoms with Gasteiger partial charge in [0.15, 0.2) is 5.13 Å². The Morgan fingerprint density at radius 2 is 2.09 bits per heavy atom. The topological polar surface area (TPSA) is 82.5 Å². The maximum atomic E-state index is 12.0. The van der Waals surface area contributed by atoms with Gasteiger partial charge in [0.25, 0.3) is 0 Å². The summed E-state index contributed by atoms with van der Waals surface area (Å²) < 4.78 is 0. The Morgan fingerprint density at radius 1 is 1.41 bits per heavy atom. The zero-order valence-corrected chi connectivity index (χ0v) is 13.9. The summed E-state index contributed by atoms with van der Waals surface area (Å²) in [4.78, 5) is 30.9. The fraction of sp³-hybridized carbons (Fsp3) is 0.667. The van der Waals surface area contributed by atoms with Gasteiger partial charge in [-0.15, -0.1) is 11.3 Å². The van der Waals surface area contributed by atoms with Crippen molar-refractivity contribution in [3.05, 3.63) is 11.1 Å². The predicted molar refractivity (Wildman–Crippen MR) is 85.9 cm³/mol. The third-order valence-electron chi connectivity index (χ3n) is 3.72. The molecule has 1 fully saturated rings. The smallest absolute Gasteiger partial charge is 0.226 e. The van der Waals surface area contributed by atoms with Gasteiger partial charge in [-0.05, 0) is 18.8 Å². The molecule has 1 aromatic heterocycles. The Kier molecular flexibility index (Phi) is 5.90. The summed E-state index contributed by atoms with van der Waals surface area (Å²) in [5, 5.41) is 12.7. The number of hydrogen-bond donors (Lipinski definition) is 2. The van der Waals surface area contributed by atoms with Crippen LogP contribution in [0.5, 0.6) is 0 Å². The molecule has 0 bridgehead atoms. The molecule has 0 spiro atoms. The second kappa shape index (κ2) is 7.69. The van der Waals surface area contributed by atoms with Crippen LogP contribution in [0.4, 0.5) is 5.13 Å². The third kappa shape index (κ3) is 4.78. The van der Waals surface area contributed by atoms with Crippen molar-refractivity contribution in [3.8, 4) is 0 Å². The van der Waals surface area contributed by atoms with E-state index in [1.54, 1.807) is 11.1 Å². The number of aromatic nitrogens is 1. The van der Waals surface area contributed by atoms with Gasteiger partial charge in [0, 0.05) is 37.0 Å². The molecule has 22 heavy (non-hydrogen) atoms. The molecule has 1 aromatic rings. The Labute approximate surface area is 134 Å². The molecule has 6 nitrogen and oxygen atoms in total. The quantitative estimate of drug-likeness (QED) is 0.867. The van der Waals surface area contributed by atoms with Crippen LogP contribution in [-0.2, 0) is 9.59 Å². The molecule has 0 atom stereocenters. The lowest BCUT2D eigenvalue weighted by molar-refractivity contribution is -0.134. The average molecular weight is 325 g/mol. The van der Waals surface area contributed by atoms with Gasteiger partial charge in [0.2, 0.25) is 11.8 Å². The first-order chi connectivity index (χ1) is 10.5. The summed E-state index contributed by atoms with van der Waals surface area (Å²) in [6.45, 7) is 5.30. The number of likely N-dealkylation sites (tertiary alicyclic amines) is 1. The minimum absolute atomic E-state index is 0.0240. The van der Waals surface area contributed by atoms with Gasteiger partial charge in [0.05, 0.1) is 6.10 Å². The largest absolute Gasteiger partial charge is 0.393 e. The Hall–Kier alpha value is -1.47. The fourth-order valence-electron chi connectivity index (χ4n) is 2.29. The summed E-state index contributed by atoms with van der Waals surface area (Å²) in [5.41, 5.74) is 0. The van der Waals surface area contributed by atoms with Crippen LogP contribution in [0, 0.1) is 0 Å². The van der Waals surface area contributed by atoms with Crippen LogP contribution in [0.1, 0.15) is 50.3 Å². The molecule has 0 radical (unpaired) electrons. The highest BCUT2D eigenvalue weighted by molar-refractivity contribution is 7.15. The van der Waals surface area contributed by atoms with E-state index in [-0.39, 0.29) is 30.8 Å². The van der Waals surface area contributed by atoms with Crippen molar-refractivity contribution in [3.63, 3.8) is 0 Å². The highest BCUT2D eigenvalue weighted by atomic mass is 32.1. The number of nitrogens with zero attached hydrogens (tertiary/aromatic N) is 2. The summed E-state index contributed by atoms with van der Waals surface area (Å²) >= 11 is 1.47. The normalized spacial score (nSPS) is 16.1. The van der Waals surface area contributed by atoms with Gasteiger partial charge in [-0.1, -0.05) is 13.8 Å². The van der Waals surface area contributed by atoms with E-state index in [0.717, 1.165) is 4.88 Å². The van der Waals surface area contributed by atoms with Crippen LogP contribution in [0.3, 0.4) is 0 Å². The Morgan fingerprint density at radius 3 is 2.68 bits per heavy atom. The van der Waals surface area contributed by atoms with Gasteiger partial charge in [0.1, 0.15) is 0 Å². The highest BCUT2D eigenvalue weighted by Gasteiger charge is 2.21. The number of anilines is 1. The number of aliphatic hydroxyl groups excluding tert-OH is 1. The molecule has 2 N–H and O–H groups in total. The zero-order valence-electron chi connectivity index (χ0n) is 13.0. The van der Waals surface area contributed by atoms with Gasteiger partial charge in [-0.2, -0.15) is 0 Å². The van der Waals surface area contributed by atoms with Crippen LogP contribution in [0.15, 0.2) is 6.20 Å². The van der Waals surface area contributed by atoms with Gasteiger partial charge in [-0.25, -0.2) is 4.98 Å². The first-order valence-electron chi connectivity index (χ1n) is 7.67. The van der Waals surface area contributed by atoms with Crippen molar-refractivity contribution < 1.29 is 14.7 Å². The molecule has 0 unspecified atom stereocenters. The van der Waals surface area contributed by atoms with E-state index in [2.05, 4.69) is 24.1 Å². The number of carbonyl (C=O) groups is 2. The lowest BCUT2D eigenvalue weighted by atomic mass is 10.1. The number of thiazole rings is 1. The van der Waals surface area contributed by atoms with Crippen LogP contribution in [-0.4, -0.2) is 46.0 Å². The van der Waals surface area contributed by atoms with E-state index in [1.807, 2.05) is 0 Å². The number of nitrogens with one attached hydrogen (secondary N) is 1. The molecular weight excluding hydrogens is 302 g/mol. The van der Waals surface area contributed by atoms with E-state index < -0.39 is 0 Å². The van der Waals surface area contributed by atoms with Crippen molar-refractivity contribution >= 4 is 28.3 Å².